The molecule has 2 aromatic rings. The van der Waals surface area contributed by atoms with Gasteiger partial charge in [0.1, 0.15) is 11.3 Å². The summed E-state index contributed by atoms with van der Waals surface area (Å²) in [6.07, 6.45) is 0.657. The predicted octanol–water partition coefficient (Wildman–Crippen LogP) is 1.94. The van der Waals surface area contributed by atoms with Crippen molar-refractivity contribution in [3.63, 3.8) is 0 Å². The molecule has 0 saturated carbocycles. The topological polar surface area (TPSA) is 105 Å². The zero-order valence-corrected chi connectivity index (χ0v) is 14.2. The summed E-state index contributed by atoms with van der Waals surface area (Å²) in [6.45, 7) is 1.87. The third-order valence-corrected chi connectivity index (χ3v) is 3.83. The lowest BCUT2D eigenvalue weighted by atomic mass is 10.0. The molecule has 0 aliphatic carbocycles. The van der Waals surface area contributed by atoms with Crippen molar-refractivity contribution in [1.82, 2.24) is 20.8 Å². The van der Waals surface area contributed by atoms with Gasteiger partial charge in [0.25, 0.3) is 5.91 Å². The smallest absolute Gasteiger partial charge is 0.321 e. The van der Waals surface area contributed by atoms with E-state index < -0.39 is 0 Å². The minimum absolute atomic E-state index is 0.0824. The largest absolute Gasteiger partial charge is 0.483 e. The lowest BCUT2D eigenvalue weighted by Gasteiger charge is -2.20. The van der Waals surface area contributed by atoms with Crippen molar-refractivity contribution in [2.75, 3.05) is 19.0 Å². The lowest BCUT2D eigenvalue weighted by Crippen LogP contribution is -2.32. The highest BCUT2D eigenvalue weighted by Crippen LogP contribution is 2.27. The number of ether oxygens (including phenoxy) is 1. The second-order valence-corrected chi connectivity index (χ2v) is 5.64. The van der Waals surface area contributed by atoms with Gasteiger partial charge in [0.15, 0.2) is 6.61 Å². The van der Waals surface area contributed by atoms with Gasteiger partial charge in [-0.15, -0.1) is 10.2 Å². The molecule has 0 saturated heterocycles. The van der Waals surface area contributed by atoms with Gasteiger partial charge >= 0.3 is 6.03 Å². The molecule has 0 spiro atoms. The van der Waals surface area contributed by atoms with Crippen LogP contribution in [0.2, 0.25) is 0 Å². The van der Waals surface area contributed by atoms with Gasteiger partial charge in [0, 0.05) is 12.6 Å². The number of para-hydroxylation sites is 1. The second-order valence-electron chi connectivity index (χ2n) is 4.80. The first kappa shape index (κ1) is 17.7. The van der Waals surface area contributed by atoms with Crippen molar-refractivity contribution in [3.05, 3.63) is 35.3 Å². The van der Waals surface area contributed by atoms with Crippen LogP contribution in [-0.2, 0) is 4.79 Å². The highest BCUT2D eigenvalue weighted by atomic mass is 32.1. The summed E-state index contributed by atoms with van der Waals surface area (Å²) < 4.78 is 5.56. The van der Waals surface area contributed by atoms with Gasteiger partial charge in [0.05, 0.1) is 6.04 Å². The highest BCUT2D eigenvalue weighted by molar-refractivity contribution is 7.13. The number of urea groups is 1. The van der Waals surface area contributed by atoms with E-state index in [0.29, 0.717) is 17.3 Å². The molecule has 9 heteroatoms. The van der Waals surface area contributed by atoms with Crippen molar-refractivity contribution < 1.29 is 14.3 Å². The van der Waals surface area contributed by atoms with E-state index in [0.717, 1.165) is 5.56 Å². The maximum Gasteiger partial charge on any atom is 0.321 e. The van der Waals surface area contributed by atoms with Gasteiger partial charge in [0.2, 0.25) is 5.13 Å². The molecule has 0 fully saturated rings. The molecule has 0 aliphatic rings. The van der Waals surface area contributed by atoms with Crippen molar-refractivity contribution in [2.24, 2.45) is 0 Å². The second kappa shape index (κ2) is 8.82. The van der Waals surface area contributed by atoms with Crippen molar-refractivity contribution in [1.29, 1.82) is 0 Å². The number of rotatable bonds is 7. The minimum atomic E-state index is -0.375. The Morgan fingerprint density at radius 1 is 1.33 bits per heavy atom. The summed E-state index contributed by atoms with van der Waals surface area (Å²) >= 11 is 1.24. The number of benzene rings is 1. The summed E-state index contributed by atoms with van der Waals surface area (Å²) in [5.74, 6) is 0.337. The Hall–Kier alpha value is -2.68. The molecule has 1 atom stereocenters. The van der Waals surface area contributed by atoms with Gasteiger partial charge in [-0.1, -0.05) is 36.5 Å². The molecule has 0 bridgehead atoms. The van der Waals surface area contributed by atoms with E-state index in [1.807, 2.05) is 25.1 Å². The van der Waals surface area contributed by atoms with E-state index in [1.165, 1.54) is 16.8 Å². The molecule has 8 nitrogen and oxygen atoms in total. The first-order chi connectivity index (χ1) is 11.6. The quantitative estimate of drug-likeness (QED) is 0.708. The maximum absolute atomic E-state index is 12.1. The monoisotopic (exact) mass is 349 g/mol. The molecule has 1 aromatic carbocycles. The Morgan fingerprint density at radius 2 is 2.12 bits per heavy atom. The lowest BCUT2D eigenvalue weighted by molar-refractivity contribution is -0.122. The molecule has 0 radical (unpaired) electrons. The zero-order chi connectivity index (χ0) is 17.4. The van der Waals surface area contributed by atoms with Crippen LogP contribution in [0.15, 0.2) is 29.8 Å². The van der Waals surface area contributed by atoms with E-state index in [4.69, 9.17) is 4.74 Å². The van der Waals surface area contributed by atoms with Crippen LogP contribution in [-0.4, -0.2) is 35.8 Å². The number of hydrogen-bond donors (Lipinski definition) is 3. The van der Waals surface area contributed by atoms with Gasteiger partial charge in [-0.25, -0.2) is 4.79 Å². The van der Waals surface area contributed by atoms with E-state index >= 15 is 0 Å². The SMILES string of the molecule is CC[C@@H](NC(=O)Nc1nncs1)c1ccccc1OCC(=O)NC. The summed E-state index contributed by atoms with van der Waals surface area (Å²) in [6, 6.07) is 6.66. The van der Waals surface area contributed by atoms with Gasteiger partial charge in [-0.2, -0.15) is 0 Å². The Bertz CT molecular complexity index is 678. The van der Waals surface area contributed by atoms with Crippen molar-refractivity contribution in [3.8, 4) is 5.75 Å². The molecule has 1 aromatic heterocycles. The summed E-state index contributed by atoms with van der Waals surface area (Å²) in [4.78, 5) is 23.5. The van der Waals surface area contributed by atoms with Crippen LogP contribution in [0, 0.1) is 0 Å². The maximum atomic E-state index is 12.1. The Balaban J connectivity index is 2.06. The van der Waals surface area contributed by atoms with Gasteiger partial charge in [-0.3, -0.25) is 10.1 Å². The fraction of sp³-hybridized carbons (Fsp3) is 0.333. The van der Waals surface area contributed by atoms with Crippen LogP contribution in [0.4, 0.5) is 9.93 Å². The average molecular weight is 349 g/mol. The summed E-state index contributed by atoms with van der Waals surface area (Å²) in [7, 11) is 1.55. The fourth-order valence-electron chi connectivity index (χ4n) is 2.03. The number of hydrogen-bond acceptors (Lipinski definition) is 6. The van der Waals surface area contributed by atoms with Crippen molar-refractivity contribution >= 4 is 28.4 Å². The van der Waals surface area contributed by atoms with Crippen molar-refractivity contribution in [2.45, 2.75) is 19.4 Å². The number of likely N-dealkylation sites (N-methyl/N-ethyl adjacent to an activating group) is 1. The van der Waals surface area contributed by atoms with Crippen LogP contribution in [0.3, 0.4) is 0 Å². The zero-order valence-electron chi connectivity index (χ0n) is 13.4. The number of amides is 3. The van der Waals surface area contributed by atoms with Crippen LogP contribution < -0.4 is 20.7 Å². The normalized spacial score (nSPS) is 11.4. The first-order valence-corrected chi connectivity index (χ1v) is 8.28. The highest BCUT2D eigenvalue weighted by Gasteiger charge is 2.18. The molecule has 128 valence electrons. The minimum Gasteiger partial charge on any atom is -0.483 e. The number of carbonyl (C=O) groups is 2. The van der Waals surface area contributed by atoms with E-state index in [9.17, 15) is 9.59 Å². The van der Waals surface area contributed by atoms with E-state index in [-0.39, 0.29) is 24.6 Å². The standard InChI is InChI=1S/C15H19N5O3S/c1-3-11(18-14(22)19-15-20-17-9-24-15)10-6-4-5-7-12(10)23-8-13(21)16-2/h4-7,9,11H,3,8H2,1-2H3,(H,16,21)(H2,18,19,20,22)/t11-/m1/s1. The molecule has 0 unspecified atom stereocenters. The summed E-state index contributed by atoms with van der Waals surface area (Å²) in [5, 5.41) is 15.8. The van der Waals surface area contributed by atoms with Crippen LogP contribution in [0.25, 0.3) is 0 Å². The molecule has 2 rings (SSSR count). The number of carbonyl (C=O) groups excluding carboxylic acids is 2. The molecule has 3 N–H and O–H groups in total. The van der Waals surface area contributed by atoms with Crippen LogP contribution >= 0.6 is 11.3 Å². The van der Waals surface area contributed by atoms with Crippen LogP contribution in [0.1, 0.15) is 24.9 Å². The third kappa shape index (κ3) is 4.92. The van der Waals surface area contributed by atoms with E-state index in [2.05, 4.69) is 26.1 Å². The van der Waals surface area contributed by atoms with Gasteiger partial charge in [-0.05, 0) is 12.5 Å². The molecular weight excluding hydrogens is 330 g/mol. The molecule has 0 aliphatic heterocycles. The number of anilines is 1. The number of nitrogens with zero attached hydrogens (tertiary/aromatic N) is 2. The number of nitrogens with one attached hydrogen (secondary N) is 3. The molecule has 24 heavy (non-hydrogen) atoms. The van der Waals surface area contributed by atoms with Crippen LogP contribution in [0.5, 0.6) is 5.75 Å². The molecule has 3 amide bonds. The third-order valence-electron chi connectivity index (χ3n) is 3.23. The Labute approximate surface area is 143 Å². The average Bonchev–Trinajstić information content (AvgIpc) is 3.10. The Kier molecular flexibility index (Phi) is 6.50. The van der Waals surface area contributed by atoms with E-state index in [1.54, 1.807) is 13.1 Å². The van der Waals surface area contributed by atoms with Gasteiger partial charge < -0.3 is 15.4 Å². The number of aromatic nitrogens is 2. The molecule has 1 heterocycles. The fourth-order valence-corrected chi connectivity index (χ4v) is 2.47. The summed E-state index contributed by atoms with van der Waals surface area (Å²) in [5.41, 5.74) is 2.34. The Morgan fingerprint density at radius 3 is 2.79 bits per heavy atom. The molecular formula is C15H19N5O3S. The predicted molar refractivity (Wildman–Crippen MR) is 91.1 cm³/mol. The first-order valence-electron chi connectivity index (χ1n) is 7.40.